The summed E-state index contributed by atoms with van der Waals surface area (Å²) in [5.74, 6) is 0.266. The summed E-state index contributed by atoms with van der Waals surface area (Å²) in [6.07, 6.45) is 0.843. The summed E-state index contributed by atoms with van der Waals surface area (Å²) in [6, 6.07) is 7.47. The summed E-state index contributed by atoms with van der Waals surface area (Å²) >= 11 is 12.3. The van der Waals surface area contributed by atoms with E-state index in [1.54, 1.807) is 12.1 Å². The zero-order valence-electron chi connectivity index (χ0n) is 12.1. The number of nitrogen functional groups attached to an aromatic ring is 1. The van der Waals surface area contributed by atoms with Crippen molar-refractivity contribution in [3.63, 3.8) is 0 Å². The maximum atomic E-state index is 9.53. The van der Waals surface area contributed by atoms with Gasteiger partial charge < -0.3 is 10.6 Å². The highest BCUT2D eigenvalue weighted by Gasteiger charge is 2.26. The second kappa shape index (κ2) is 5.77. The molecule has 1 aromatic heterocycles. The molecule has 2 heterocycles. The largest absolute Gasteiger partial charge is 0.383 e. The molecule has 1 atom stereocenters. The number of benzene rings is 1. The second-order valence-corrected chi connectivity index (χ2v) is 6.39. The van der Waals surface area contributed by atoms with Gasteiger partial charge in [-0.3, -0.25) is 0 Å². The summed E-state index contributed by atoms with van der Waals surface area (Å²) in [6.45, 7) is 1.80. The van der Waals surface area contributed by atoms with E-state index in [0.29, 0.717) is 15.6 Å². The molecule has 0 saturated heterocycles. The molecule has 3 N–H and O–H groups in total. The van der Waals surface area contributed by atoms with Crippen LogP contribution in [0, 0.1) is 11.3 Å². The molecule has 1 aliphatic heterocycles. The summed E-state index contributed by atoms with van der Waals surface area (Å²) in [5, 5.41) is 10.6. The number of halogens is 2. The van der Waals surface area contributed by atoms with E-state index in [-0.39, 0.29) is 5.82 Å². The van der Waals surface area contributed by atoms with Crippen molar-refractivity contribution in [3.05, 3.63) is 45.1 Å². The Bertz CT molecular complexity index is 796. The Morgan fingerprint density at radius 2 is 2.14 bits per heavy atom. The fourth-order valence-corrected chi connectivity index (χ4v) is 3.42. The molecular formula is C16H15Cl2N4+. The maximum Gasteiger partial charge on any atom is 0.142 e. The SMILES string of the molecule is C[NH+]1CCc2nc(N)c(C#N)c(-c3ccc(Cl)cc3Cl)c2C1. The number of aromatic nitrogens is 1. The van der Waals surface area contributed by atoms with Crippen LogP contribution in [0.2, 0.25) is 10.0 Å². The van der Waals surface area contributed by atoms with E-state index in [9.17, 15) is 5.26 Å². The molecule has 0 spiro atoms. The first-order chi connectivity index (χ1) is 10.5. The highest BCUT2D eigenvalue weighted by atomic mass is 35.5. The van der Waals surface area contributed by atoms with Crippen molar-refractivity contribution in [3.8, 4) is 17.2 Å². The zero-order valence-corrected chi connectivity index (χ0v) is 13.6. The molecule has 1 aromatic carbocycles. The summed E-state index contributed by atoms with van der Waals surface area (Å²) in [5.41, 5.74) is 9.98. The number of nitrogens with one attached hydrogen (secondary N) is 1. The van der Waals surface area contributed by atoms with Crippen molar-refractivity contribution < 1.29 is 4.90 Å². The van der Waals surface area contributed by atoms with Crippen molar-refractivity contribution in [1.29, 1.82) is 5.26 Å². The lowest BCUT2D eigenvalue weighted by Crippen LogP contribution is -3.08. The molecule has 0 bridgehead atoms. The average Bonchev–Trinajstić information content (AvgIpc) is 2.47. The lowest BCUT2D eigenvalue weighted by Gasteiger charge is -2.25. The van der Waals surface area contributed by atoms with Crippen LogP contribution in [-0.4, -0.2) is 18.6 Å². The maximum absolute atomic E-state index is 9.53. The number of nitrogens with two attached hydrogens (primary N) is 1. The van der Waals surface area contributed by atoms with Crippen LogP contribution >= 0.6 is 23.2 Å². The van der Waals surface area contributed by atoms with Crippen LogP contribution < -0.4 is 10.6 Å². The molecule has 1 unspecified atom stereocenters. The first kappa shape index (κ1) is 15.1. The summed E-state index contributed by atoms with van der Waals surface area (Å²) < 4.78 is 0. The van der Waals surface area contributed by atoms with Gasteiger partial charge in [0.25, 0.3) is 0 Å². The van der Waals surface area contributed by atoms with Gasteiger partial charge in [0.05, 0.1) is 19.3 Å². The third kappa shape index (κ3) is 2.52. The molecule has 22 heavy (non-hydrogen) atoms. The standard InChI is InChI=1S/C16H14Cl2N4/c1-22-5-4-14-12(8-22)15(11(7-19)16(20)21-14)10-3-2-9(17)6-13(10)18/h2-3,6H,4-5,8H2,1H3,(H2,20,21)/p+1. The van der Waals surface area contributed by atoms with Crippen LogP contribution in [0.5, 0.6) is 0 Å². The number of likely N-dealkylation sites (N-methyl/N-ethyl adjacent to an activating group) is 1. The Balaban J connectivity index is 2.33. The van der Waals surface area contributed by atoms with Crippen LogP contribution in [0.25, 0.3) is 11.1 Å². The van der Waals surface area contributed by atoms with E-state index < -0.39 is 0 Å². The highest BCUT2D eigenvalue weighted by Crippen LogP contribution is 2.37. The second-order valence-electron chi connectivity index (χ2n) is 5.54. The normalized spacial score (nSPS) is 16.9. The molecule has 0 amide bonds. The fourth-order valence-electron chi connectivity index (χ4n) is 2.91. The minimum atomic E-state index is 0.266. The summed E-state index contributed by atoms with van der Waals surface area (Å²) in [4.78, 5) is 5.79. The number of hydrogen-bond donors (Lipinski definition) is 2. The number of hydrogen-bond acceptors (Lipinski definition) is 3. The molecule has 0 radical (unpaired) electrons. The molecule has 0 saturated carbocycles. The lowest BCUT2D eigenvalue weighted by molar-refractivity contribution is -0.895. The molecule has 4 nitrogen and oxygen atoms in total. The Morgan fingerprint density at radius 1 is 1.36 bits per heavy atom. The third-order valence-corrected chi connectivity index (χ3v) is 4.54. The Kier molecular flexibility index (Phi) is 3.96. The Morgan fingerprint density at radius 3 is 2.82 bits per heavy atom. The average molecular weight is 334 g/mol. The molecule has 0 fully saturated rings. The smallest absolute Gasteiger partial charge is 0.142 e. The van der Waals surface area contributed by atoms with Gasteiger partial charge in [-0.1, -0.05) is 29.3 Å². The van der Waals surface area contributed by atoms with Gasteiger partial charge in [-0.05, 0) is 12.1 Å². The molecule has 1 aliphatic rings. The molecule has 3 rings (SSSR count). The van der Waals surface area contributed by atoms with Gasteiger partial charge in [-0.25, -0.2) is 4.98 Å². The van der Waals surface area contributed by atoms with Crippen molar-refractivity contribution in [1.82, 2.24) is 4.98 Å². The van der Waals surface area contributed by atoms with Crippen LogP contribution in [0.3, 0.4) is 0 Å². The number of nitriles is 1. The molecular weight excluding hydrogens is 319 g/mol. The van der Waals surface area contributed by atoms with E-state index in [2.05, 4.69) is 18.1 Å². The van der Waals surface area contributed by atoms with E-state index in [0.717, 1.165) is 41.9 Å². The fraction of sp³-hybridized carbons (Fsp3) is 0.250. The first-order valence-corrected chi connectivity index (χ1v) is 7.75. The van der Waals surface area contributed by atoms with Gasteiger partial charge in [0.15, 0.2) is 0 Å². The quantitative estimate of drug-likeness (QED) is 0.839. The van der Waals surface area contributed by atoms with Crippen LogP contribution in [0.4, 0.5) is 5.82 Å². The van der Waals surface area contributed by atoms with Gasteiger partial charge in [0.2, 0.25) is 0 Å². The van der Waals surface area contributed by atoms with Crippen molar-refractivity contribution in [2.75, 3.05) is 19.3 Å². The van der Waals surface area contributed by atoms with Gasteiger partial charge in [0.1, 0.15) is 24.0 Å². The van der Waals surface area contributed by atoms with E-state index in [4.69, 9.17) is 28.9 Å². The predicted octanol–water partition coefficient (Wildman–Crippen LogP) is 2.08. The Labute approximate surface area is 139 Å². The minimum Gasteiger partial charge on any atom is -0.383 e. The number of nitrogens with zero attached hydrogens (tertiary/aromatic N) is 2. The van der Waals surface area contributed by atoms with Gasteiger partial charge in [-0.15, -0.1) is 0 Å². The number of quaternary nitrogens is 1. The van der Waals surface area contributed by atoms with Crippen LogP contribution in [0.15, 0.2) is 18.2 Å². The lowest BCUT2D eigenvalue weighted by atomic mass is 9.91. The molecule has 112 valence electrons. The first-order valence-electron chi connectivity index (χ1n) is 6.99. The Hall–Kier alpha value is -1.80. The van der Waals surface area contributed by atoms with Crippen molar-refractivity contribution in [2.45, 2.75) is 13.0 Å². The van der Waals surface area contributed by atoms with E-state index in [1.165, 1.54) is 4.90 Å². The van der Waals surface area contributed by atoms with Crippen molar-refractivity contribution >= 4 is 29.0 Å². The minimum absolute atomic E-state index is 0.266. The van der Waals surface area contributed by atoms with Gasteiger partial charge >= 0.3 is 0 Å². The molecule has 2 aromatic rings. The van der Waals surface area contributed by atoms with E-state index >= 15 is 0 Å². The summed E-state index contributed by atoms with van der Waals surface area (Å²) in [7, 11) is 2.12. The number of anilines is 1. The molecule has 0 aliphatic carbocycles. The van der Waals surface area contributed by atoms with Crippen molar-refractivity contribution in [2.24, 2.45) is 0 Å². The van der Waals surface area contributed by atoms with Crippen LogP contribution in [0.1, 0.15) is 16.8 Å². The topological polar surface area (TPSA) is 67.1 Å². The van der Waals surface area contributed by atoms with Gasteiger partial charge in [-0.2, -0.15) is 5.26 Å². The molecule has 6 heteroatoms. The number of rotatable bonds is 1. The zero-order chi connectivity index (χ0) is 15.9. The van der Waals surface area contributed by atoms with Gasteiger partial charge in [0, 0.05) is 33.2 Å². The number of pyridine rings is 1. The van der Waals surface area contributed by atoms with Crippen LogP contribution in [-0.2, 0) is 13.0 Å². The highest BCUT2D eigenvalue weighted by molar-refractivity contribution is 6.36. The monoisotopic (exact) mass is 333 g/mol. The number of fused-ring (bicyclic) bond motifs is 1. The third-order valence-electron chi connectivity index (χ3n) is 3.99. The van der Waals surface area contributed by atoms with E-state index in [1.807, 2.05) is 6.07 Å². The predicted molar refractivity (Wildman–Crippen MR) is 88.0 cm³/mol.